The molecule has 1 aromatic carbocycles. The van der Waals surface area contributed by atoms with Crippen LogP contribution in [-0.4, -0.2) is 6.26 Å². The second-order valence-electron chi connectivity index (χ2n) is 2.23. The molecule has 0 aliphatic heterocycles. The first-order valence-electron chi connectivity index (χ1n) is 3.33. The van der Waals surface area contributed by atoms with Crippen LogP contribution in [0.25, 0.3) is 4.95 Å². The van der Waals surface area contributed by atoms with Crippen molar-refractivity contribution in [2.24, 2.45) is 4.47 Å². The van der Waals surface area contributed by atoms with Gasteiger partial charge < -0.3 is 0 Å². The van der Waals surface area contributed by atoms with Gasteiger partial charge in [0.15, 0.2) is 0 Å². The molecule has 5 heteroatoms. The molecule has 1 rings (SSSR count). The minimum atomic E-state index is -0.678. The van der Waals surface area contributed by atoms with Gasteiger partial charge in [-0.15, -0.1) is 4.95 Å². The third kappa shape index (κ3) is 2.61. The Labute approximate surface area is 86.8 Å². The van der Waals surface area contributed by atoms with Crippen LogP contribution in [0.1, 0.15) is 0 Å². The van der Waals surface area contributed by atoms with Gasteiger partial charge in [-0.3, -0.25) is 0 Å². The Morgan fingerprint density at radius 1 is 1.62 bits per heavy atom. The van der Waals surface area contributed by atoms with E-state index in [1.54, 1.807) is 18.4 Å². The molecular weight excluding hydrogens is 255 g/mol. The lowest BCUT2D eigenvalue weighted by Gasteiger charge is -1.99. The van der Waals surface area contributed by atoms with E-state index in [-0.39, 0.29) is 5.82 Å². The Balaban J connectivity index is 3.18. The van der Waals surface area contributed by atoms with Gasteiger partial charge in [0.2, 0.25) is 0 Å². The fourth-order valence-electron chi connectivity index (χ4n) is 0.820. The Hall–Kier alpha value is -0.730. The number of benzene rings is 1. The van der Waals surface area contributed by atoms with Crippen LogP contribution in [0.15, 0.2) is 32.0 Å². The first-order valence-corrected chi connectivity index (χ1v) is 5.72. The second kappa shape index (κ2) is 4.49. The first-order chi connectivity index (χ1) is 6.15. The van der Waals surface area contributed by atoms with Gasteiger partial charge in [0, 0.05) is 21.4 Å². The van der Waals surface area contributed by atoms with E-state index in [1.165, 1.54) is 6.07 Å². The standard InChI is InChI=1S/C8H6BrFN2S/c1-11-12-13(2)8-4-3-6(9)5-7(8)10/h3-5H,2H3. The highest BCUT2D eigenvalue weighted by Gasteiger charge is 2.05. The van der Waals surface area contributed by atoms with E-state index in [1.807, 2.05) is 0 Å². The van der Waals surface area contributed by atoms with Gasteiger partial charge in [0.05, 0.1) is 4.90 Å². The van der Waals surface area contributed by atoms with E-state index in [0.717, 1.165) is 0 Å². The Morgan fingerprint density at radius 2 is 2.31 bits per heavy atom. The summed E-state index contributed by atoms with van der Waals surface area (Å²) in [6.07, 6.45) is 1.71. The number of hydrogen-bond donors (Lipinski definition) is 0. The molecular formula is C8H6BrFN2S. The fraction of sp³-hybridized carbons (Fsp3) is 0.125. The van der Waals surface area contributed by atoms with Crippen LogP contribution >= 0.6 is 15.9 Å². The fourth-order valence-corrected chi connectivity index (χ4v) is 1.97. The zero-order chi connectivity index (χ0) is 9.84. The molecule has 0 amide bonds. The minimum Gasteiger partial charge on any atom is -0.206 e. The number of hydrogen-bond acceptors (Lipinski definition) is 1. The Bertz CT molecular complexity index is 398. The van der Waals surface area contributed by atoms with E-state index in [9.17, 15) is 4.39 Å². The maximum absolute atomic E-state index is 13.2. The maximum Gasteiger partial charge on any atom is 0.139 e. The zero-order valence-corrected chi connectivity index (χ0v) is 9.19. The summed E-state index contributed by atoms with van der Waals surface area (Å²) >= 11 is 3.16. The van der Waals surface area contributed by atoms with Crippen molar-refractivity contribution in [3.63, 3.8) is 0 Å². The predicted octanol–water partition coefficient (Wildman–Crippen LogP) is 3.21. The van der Waals surface area contributed by atoms with Gasteiger partial charge in [-0.25, -0.2) is 4.39 Å². The van der Waals surface area contributed by atoms with E-state index in [0.29, 0.717) is 9.37 Å². The molecule has 0 bridgehead atoms. The van der Waals surface area contributed by atoms with Crippen molar-refractivity contribution in [2.75, 3.05) is 6.26 Å². The molecule has 1 atom stereocenters. The highest BCUT2D eigenvalue weighted by molar-refractivity contribution is 9.10. The van der Waals surface area contributed by atoms with Crippen molar-refractivity contribution >= 4 is 26.6 Å². The number of rotatable bonds is 1. The summed E-state index contributed by atoms with van der Waals surface area (Å²) in [5, 5.41) is 0. The smallest absolute Gasteiger partial charge is 0.139 e. The molecule has 0 saturated carbocycles. The predicted molar refractivity (Wildman–Crippen MR) is 54.7 cm³/mol. The molecule has 68 valence electrons. The van der Waals surface area contributed by atoms with Crippen LogP contribution in [-0.2, 0) is 10.7 Å². The van der Waals surface area contributed by atoms with E-state index < -0.39 is 10.7 Å². The highest BCUT2D eigenvalue weighted by Crippen LogP contribution is 2.18. The van der Waals surface area contributed by atoms with Crippen molar-refractivity contribution in [3.05, 3.63) is 40.0 Å². The van der Waals surface area contributed by atoms with Crippen molar-refractivity contribution in [2.45, 2.75) is 4.90 Å². The molecule has 2 nitrogen and oxygen atoms in total. The lowest BCUT2D eigenvalue weighted by atomic mass is 10.3. The summed E-state index contributed by atoms with van der Waals surface area (Å²) in [7, 11) is -0.678. The lowest BCUT2D eigenvalue weighted by Crippen LogP contribution is -1.91. The van der Waals surface area contributed by atoms with Gasteiger partial charge in [0.25, 0.3) is 0 Å². The molecule has 1 aromatic rings. The lowest BCUT2D eigenvalue weighted by molar-refractivity contribution is 0.600. The van der Waals surface area contributed by atoms with Crippen LogP contribution in [0.2, 0.25) is 0 Å². The van der Waals surface area contributed by atoms with Crippen molar-refractivity contribution in [3.8, 4) is 0 Å². The minimum absolute atomic E-state index is 0.326. The van der Waals surface area contributed by atoms with Crippen LogP contribution < -0.4 is 0 Å². The summed E-state index contributed by atoms with van der Waals surface area (Å²) in [6.45, 7) is 6.53. The second-order valence-corrected chi connectivity index (χ2v) is 4.71. The molecule has 0 fully saturated rings. The third-order valence-electron chi connectivity index (χ3n) is 1.38. The van der Waals surface area contributed by atoms with Crippen LogP contribution in [0.5, 0.6) is 0 Å². The third-order valence-corrected chi connectivity index (χ3v) is 3.16. The molecule has 0 saturated heterocycles. The van der Waals surface area contributed by atoms with Gasteiger partial charge in [-0.1, -0.05) is 15.9 Å². The molecule has 1 unspecified atom stereocenters. The van der Waals surface area contributed by atoms with Crippen molar-refractivity contribution in [1.29, 1.82) is 0 Å². The Kier molecular flexibility index (Phi) is 3.58. The summed E-state index contributed by atoms with van der Waals surface area (Å²) < 4.78 is 17.5. The monoisotopic (exact) mass is 260 g/mol. The number of nitrogens with zero attached hydrogens (tertiary/aromatic N) is 2. The summed E-state index contributed by atoms with van der Waals surface area (Å²) in [5.41, 5.74) is 0. The maximum atomic E-state index is 13.2. The molecule has 0 spiro atoms. The average Bonchev–Trinajstić information content (AvgIpc) is 2.04. The number of halogens is 2. The molecule has 0 aromatic heterocycles. The quantitative estimate of drug-likeness (QED) is 0.545. The van der Waals surface area contributed by atoms with E-state index in [2.05, 4.69) is 25.4 Å². The zero-order valence-electron chi connectivity index (χ0n) is 6.79. The normalized spacial score (nSPS) is 12.5. The van der Waals surface area contributed by atoms with Crippen LogP contribution in [0, 0.1) is 12.4 Å². The summed E-state index contributed by atoms with van der Waals surface area (Å²) in [5.74, 6) is -0.326. The Morgan fingerprint density at radius 3 is 2.85 bits per heavy atom. The average molecular weight is 261 g/mol. The van der Waals surface area contributed by atoms with Gasteiger partial charge in [0.1, 0.15) is 10.3 Å². The highest BCUT2D eigenvalue weighted by atomic mass is 79.9. The van der Waals surface area contributed by atoms with Crippen LogP contribution in [0.4, 0.5) is 4.39 Å². The molecule has 0 N–H and O–H groups in total. The molecule has 0 heterocycles. The van der Waals surface area contributed by atoms with Gasteiger partial charge in [-0.2, -0.15) is 6.57 Å². The van der Waals surface area contributed by atoms with E-state index in [4.69, 9.17) is 6.57 Å². The summed E-state index contributed by atoms with van der Waals surface area (Å²) in [4.78, 5) is 3.36. The molecule has 0 aliphatic carbocycles. The van der Waals surface area contributed by atoms with Crippen LogP contribution in [0.3, 0.4) is 0 Å². The van der Waals surface area contributed by atoms with Gasteiger partial charge in [-0.05, 0) is 18.2 Å². The molecule has 0 aliphatic rings. The summed E-state index contributed by atoms with van der Waals surface area (Å²) in [6, 6.07) is 4.75. The largest absolute Gasteiger partial charge is 0.206 e. The topological polar surface area (TPSA) is 16.7 Å². The molecule has 0 radical (unpaired) electrons. The molecule has 13 heavy (non-hydrogen) atoms. The van der Waals surface area contributed by atoms with Gasteiger partial charge >= 0.3 is 0 Å². The van der Waals surface area contributed by atoms with E-state index >= 15 is 0 Å². The SMILES string of the molecule is [C-]#[N+]/N=S(\C)c1ccc(Br)cc1F. The van der Waals surface area contributed by atoms with Crippen molar-refractivity contribution < 1.29 is 4.39 Å². The van der Waals surface area contributed by atoms with Crippen molar-refractivity contribution in [1.82, 2.24) is 0 Å². The first kappa shape index (κ1) is 10.4.